The lowest BCUT2D eigenvalue weighted by Crippen LogP contribution is -2.21. The smallest absolute Gasteiger partial charge is 0.108 e. The Morgan fingerprint density at radius 1 is 0.905 bits per heavy atom. The molecule has 0 spiro atoms. The highest BCUT2D eigenvalue weighted by Gasteiger charge is 2.20. The van der Waals surface area contributed by atoms with Crippen LogP contribution in [-0.2, 0) is 4.74 Å². The van der Waals surface area contributed by atoms with Gasteiger partial charge in [-0.2, -0.15) is 0 Å². The van der Waals surface area contributed by atoms with Crippen molar-refractivity contribution in [3.05, 3.63) is 35.9 Å². The molecule has 0 saturated heterocycles. The van der Waals surface area contributed by atoms with Gasteiger partial charge in [-0.05, 0) is 18.9 Å². The minimum Gasteiger partial charge on any atom is -0.390 e. The standard InChI is InChI=1S/C19H32O2/c1-3-5-6-7-8-9-13-16-18(20)19(21-4-2)17-14-11-10-12-15-17/h10-12,14-15,18-20H,3-9,13,16H2,1-2H3. The fourth-order valence-corrected chi connectivity index (χ4v) is 2.71. The Morgan fingerprint density at radius 3 is 2.14 bits per heavy atom. The van der Waals surface area contributed by atoms with E-state index in [4.69, 9.17) is 4.74 Å². The number of rotatable bonds is 12. The topological polar surface area (TPSA) is 29.5 Å². The Hall–Kier alpha value is -0.860. The van der Waals surface area contributed by atoms with E-state index < -0.39 is 6.10 Å². The van der Waals surface area contributed by atoms with E-state index in [0.717, 1.165) is 18.4 Å². The zero-order valence-corrected chi connectivity index (χ0v) is 13.8. The lowest BCUT2D eigenvalue weighted by Gasteiger charge is -2.23. The van der Waals surface area contributed by atoms with Crippen LogP contribution in [0, 0.1) is 0 Å². The molecule has 2 nitrogen and oxygen atoms in total. The van der Waals surface area contributed by atoms with Crippen molar-refractivity contribution in [1.29, 1.82) is 0 Å². The van der Waals surface area contributed by atoms with Crippen molar-refractivity contribution < 1.29 is 9.84 Å². The number of hydrogen-bond donors (Lipinski definition) is 1. The van der Waals surface area contributed by atoms with E-state index in [1.807, 2.05) is 37.3 Å². The first-order valence-corrected chi connectivity index (χ1v) is 8.64. The molecule has 0 amide bonds. The highest BCUT2D eigenvalue weighted by atomic mass is 16.5. The fraction of sp³-hybridized carbons (Fsp3) is 0.684. The van der Waals surface area contributed by atoms with Crippen LogP contribution in [0.4, 0.5) is 0 Å². The predicted octanol–water partition coefficient (Wildman–Crippen LogP) is 5.27. The number of aliphatic hydroxyl groups excluding tert-OH is 1. The molecule has 0 aromatic heterocycles. The van der Waals surface area contributed by atoms with Crippen LogP contribution in [0.1, 0.15) is 76.9 Å². The number of benzene rings is 1. The predicted molar refractivity (Wildman–Crippen MR) is 89.4 cm³/mol. The second-order valence-corrected chi connectivity index (χ2v) is 5.76. The van der Waals surface area contributed by atoms with E-state index in [1.165, 1.54) is 38.5 Å². The molecule has 0 bridgehead atoms. The van der Waals surface area contributed by atoms with Crippen molar-refractivity contribution >= 4 is 0 Å². The molecule has 120 valence electrons. The third-order valence-corrected chi connectivity index (χ3v) is 3.93. The lowest BCUT2D eigenvalue weighted by atomic mass is 9.99. The van der Waals surface area contributed by atoms with Crippen molar-refractivity contribution in [2.24, 2.45) is 0 Å². The van der Waals surface area contributed by atoms with Gasteiger partial charge in [-0.25, -0.2) is 0 Å². The Balaban J connectivity index is 2.28. The van der Waals surface area contributed by atoms with Crippen LogP contribution >= 0.6 is 0 Å². The van der Waals surface area contributed by atoms with Gasteiger partial charge in [0.2, 0.25) is 0 Å². The van der Waals surface area contributed by atoms with Crippen molar-refractivity contribution in [1.82, 2.24) is 0 Å². The average molecular weight is 292 g/mol. The third kappa shape index (κ3) is 7.63. The van der Waals surface area contributed by atoms with E-state index >= 15 is 0 Å². The maximum atomic E-state index is 10.4. The Morgan fingerprint density at radius 2 is 1.52 bits per heavy atom. The largest absolute Gasteiger partial charge is 0.390 e. The van der Waals surface area contributed by atoms with Gasteiger partial charge in [-0.1, -0.05) is 82.2 Å². The second-order valence-electron chi connectivity index (χ2n) is 5.76. The molecule has 2 atom stereocenters. The Bertz CT molecular complexity index is 337. The molecule has 2 unspecified atom stereocenters. The summed E-state index contributed by atoms with van der Waals surface area (Å²) in [6, 6.07) is 10.1. The molecule has 0 radical (unpaired) electrons. The monoisotopic (exact) mass is 292 g/mol. The maximum Gasteiger partial charge on any atom is 0.108 e. The molecule has 1 aromatic carbocycles. The maximum absolute atomic E-state index is 10.4. The third-order valence-electron chi connectivity index (χ3n) is 3.93. The van der Waals surface area contributed by atoms with Crippen LogP contribution in [0.25, 0.3) is 0 Å². The van der Waals surface area contributed by atoms with Gasteiger partial charge in [0.05, 0.1) is 6.10 Å². The first kappa shape index (κ1) is 18.2. The van der Waals surface area contributed by atoms with Crippen molar-refractivity contribution in [3.8, 4) is 0 Å². The molecule has 1 aromatic rings. The average Bonchev–Trinajstić information content (AvgIpc) is 2.52. The minimum atomic E-state index is -0.400. The summed E-state index contributed by atoms with van der Waals surface area (Å²) in [7, 11) is 0. The van der Waals surface area contributed by atoms with Crippen molar-refractivity contribution in [2.45, 2.75) is 77.4 Å². The SMILES string of the molecule is CCCCCCCCCC(O)C(OCC)c1ccccc1. The molecule has 0 aliphatic rings. The van der Waals surface area contributed by atoms with E-state index in [1.54, 1.807) is 0 Å². The molecule has 0 fully saturated rings. The molecular formula is C19H32O2. The van der Waals surface area contributed by atoms with Crippen LogP contribution in [0.2, 0.25) is 0 Å². The molecule has 0 aliphatic heterocycles. The number of unbranched alkanes of at least 4 members (excludes halogenated alkanes) is 6. The second kappa shape index (κ2) is 11.8. The van der Waals surface area contributed by atoms with Gasteiger partial charge < -0.3 is 9.84 Å². The summed E-state index contributed by atoms with van der Waals surface area (Å²) in [5.41, 5.74) is 1.08. The summed E-state index contributed by atoms with van der Waals surface area (Å²) in [4.78, 5) is 0. The summed E-state index contributed by atoms with van der Waals surface area (Å²) in [5, 5.41) is 10.4. The summed E-state index contributed by atoms with van der Waals surface area (Å²) in [6.45, 7) is 4.86. The highest BCUT2D eigenvalue weighted by molar-refractivity contribution is 5.18. The van der Waals surface area contributed by atoms with Gasteiger partial charge >= 0.3 is 0 Å². The zero-order valence-electron chi connectivity index (χ0n) is 13.8. The van der Waals surface area contributed by atoms with Gasteiger partial charge in [-0.15, -0.1) is 0 Å². The number of aliphatic hydroxyl groups is 1. The molecule has 1 rings (SSSR count). The normalized spacial score (nSPS) is 14.0. The quantitative estimate of drug-likeness (QED) is 0.532. The van der Waals surface area contributed by atoms with Crippen molar-refractivity contribution in [2.75, 3.05) is 6.61 Å². The number of ether oxygens (including phenoxy) is 1. The molecule has 1 N–H and O–H groups in total. The van der Waals surface area contributed by atoms with Crippen LogP contribution in [-0.4, -0.2) is 17.8 Å². The minimum absolute atomic E-state index is 0.184. The fourth-order valence-electron chi connectivity index (χ4n) is 2.71. The van der Waals surface area contributed by atoms with Crippen LogP contribution in [0.3, 0.4) is 0 Å². The molecule has 0 heterocycles. The Labute approximate surface area is 130 Å². The first-order valence-electron chi connectivity index (χ1n) is 8.64. The van der Waals surface area contributed by atoms with Gasteiger partial charge in [0.1, 0.15) is 6.10 Å². The molecule has 2 heteroatoms. The molecule has 0 aliphatic carbocycles. The summed E-state index contributed by atoms with van der Waals surface area (Å²) in [6.07, 6.45) is 9.17. The summed E-state index contributed by atoms with van der Waals surface area (Å²) < 4.78 is 5.75. The van der Waals surface area contributed by atoms with Crippen LogP contribution < -0.4 is 0 Å². The van der Waals surface area contributed by atoms with Crippen LogP contribution in [0.15, 0.2) is 30.3 Å². The summed E-state index contributed by atoms with van der Waals surface area (Å²) >= 11 is 0. The van der Waals surface area contributed by atoms with E-state index in [0.29, 0.717) is 6.61 Å². The van der Waals surface area contributed by atoms with E-state index in [-0.39, 0.29) is 6.10 Å². The van der Waals surface area contributed by atoms with Crippen LogP contribution in [0.5, 0.6) is 0 Å². The van der Waals surface area contributed by atoms with Gasteiger partial charge in [0.15, 0.2) is 0 Å². The van der Waals surface area contributed by atoms with Crippen molar-refractivity contribution in [3.63, 3.8) is 0 Å². The molecular weight excluding hydrogens is 260 g/mol. The Kier molecular flexibility index (Phi) is 10.2. The zero-order chi connectivity index (χ0) is 15.3. The van der Waals surface area contributed by atoms with E-state index in [9.17, 15) is 5.11 Å². The van der Waals surface area contributed by atoms with E-state index in [2.05, 4.69) is 6.92 Å². The van der Waals surface area contributed by atoms with Gasteiger partial charge in [0.25, 0.3) is 0 Å². The molecule has 21 heavy (non-hydrogen) atoms. The molecule has 0 saturated carbocycles. The summed E-state index contributed by atoms with van der Waals surface area (Å²) in [5.74, 6) is 0. The lowest BCUT2D eigenvalue weighted by molar-refractivity contribution is -0.0386. The van der Waals surface area contributed by atoms with Gasteiger partial charge in [0, 0.05) is 6.61 Å². The first-order chi connectivity index (χ1) is 10.3. The highest BCUT2D eigenvalue weighted by Crippen LogP contribution is 2.24. The van der Waals surface area contributed by atoms with Gasteiger partial charge in [-0.3, -0.25) is 0 Å². The number of hydrogen-bond acceptors (Lipinski definition) is 2.